The van der Waals surface area contributed by atoms with E-state index in [0.717, 1.165) is 60.0 Å². The molecule has 0 radical (unpaired) electrons. The number of para-hydroxylation sites is 3. The molecular formula is C39H22N4S2. The van der Waals surface area contributed by atoms with Crippen molar-refractivity contribution in [1.29, 1.82) is 5.26 Å². The van der Waals surface area contributed by atoms with Crippen LogP contribution in [0.5, 0.6) is 0 Å². The summed E-state index contributed by atoms with van der Waals surface area (Å²) in [6.45, 7) is 0. The normalized spacial score (nSPS) is 11.5. The van der Waals surface area contributed by atoms with Crippen molar-refractivity contribution in [2.24, 2.45) is 0 Å². The molecule has 9 rings (SSSR count). The molecule has 45 heavy (non-hydrogen) atoms. The van der Waals surface area contributed by atoms with Gasteiger partial charge < -0.3 is 4.57 Å². The van der Waals surface area contributed by atoms with Crippen molar-refractivity contribution in [3.8, 4) is 44.0 Å². The topological polar surface area (TPSA) is 54.5 Å². The Morgan fingerprint density at radius 3 is 1.60 bits per heavy atom. The van der Waals surface area contributed by atoms with E-state index >= 15 is 0 Å². The maximum absolute atomic E-state index is 9.37. The van der Waals surface area contributed by atoms with Crippen LogP contribution in [0, 0.1) is 11.3 Å². The number of aromatic nitrogens is 3. The molecule has 9 aromatic rings. The summed E-state index contributed by atoms with van der Waals surface area (Å²) >= 11 is 3.45. The molecule has 0 atom stereocenters. The van der Waals surface area contributed by atoms with Gasteiger partial charge in [-0.2, -0.15) is 5.26 Å². The van der Waals surface area contributed by atoms with Crippen molar-refractivity contribution >= 4 is 64.9 Å². The van der Waals surface area contributed by atoms with Gasteiger partial charge in [-0.25, -0.2) is 9.97 Å². The van der Waals surface area contributed by atoms with Crippen molar-refractivity contribution in [3.63, 3.8) is 0 Å². The van der Waals surface area contributed by atoms with Crippen molar-refractivity contribution in [3.05, 3.63) is 139 Å². The van der Waals surface area contributed by atoms with Crippen LogP contribution in [0.4, 0.5) is 0 Å². The molecule has 6 aromatic carbocycles. The maximum atomic E-state index is 9.37. The predicted molar refractivity (Wildman–Crippen MR) is 188 cm³/mol. The van der Waals surface area contributed by atoms with Crippen LogP contribution >= 0.6 is 22.7 Å². The molecule has 0 aliphatic carbocycles. The molecular weight excluding hydrogens is 589 g/mol. The van der Waals surface area contributed by atoms with E-state index in [1.165, 1.54) is 20.2 Å². The van der Waals surface area contributed by atoms with Crippen LogP contribution in [-0.2, 0) is 0 Å². The second kappa shape index (κ2) is 10.2. The summed E-state index contributed by atoms with van der Waals surface area (Å²) in [5.41, 5.74) is 10.4. The zero-order valence-corrected chi connectivity index (χ0v) is 25.4. The third-order valence-corrected chi connectivity index (χ3v) is 10.5. The lowest BCUT2D eigenvalue weighted by Gasteiger charge is -2.14. The van der Waals surface area contributed by atoms with E-state index in [9.17, 15) is 5.26 Å². The lowest BCUT2D eigenvalue weighted by molar-refractivity contribution is 1.18. The number of rotatable bonds is 4. The van der Waals surface area contributed by atoms with Gasteiger partial charge in [0, 0.05) is 27.5 Å². The highest BCUT2D eigenvalue weighted by Crippen LogP contribution is 2.41. The van der Waals surface area contributed by atoms with Gasteiger partial charge in [-0.1, -0.05) is 54.6 Å². The Labute approximate surface area is 266 Å². The van der Waals surface area contributed by atoms with Crippen LogP contribution in [0.3, 0.4) is 0 Å². The Hall–Kier alpha value is -5.61. The molecule has 0 aliphatic heterocycles. The quantitative estimate of drug-likeness (QED) is 0.199. The SMILES string of the molecule is N#Cc1ccc(-c2ccccc2-n2c3ccc(-c4nc5ccccc5s4)cc3c3cc(-c4nc5ccccc5s4)ccc32)cc1. The number of hydrogen-bond donors (Lipinski definition) is 0. The lowest BCUT2D eigenvalue weighted by Crippen LogP contribution is -1.97. The first-order chi connectivity index (χ1) is 22.2. The van der Waals surface area contributed by atoms with Crippen molar-refractivity contribution in [1.82, 2.24) is 14.5 Å². The molecule has 0 amide bonds. The summed E-state index contributed by atoms with van der Waals surface area (Å²) < 4.78 is 4.73. The van der Waals surface area contributed by atoms with Gasteiger partial charge in [-0.15, -0.1) is 22.7 Å². The van der Waals surface area contributed by atoms with E-state index in [4.69, 9.17) is 9.97 Å². The van der Waals surface area contributed by atoms with E-state index in [0.29, 0.717) is 5.56 Å². The van der Waals surface area contributed by atoms with Crippen LogP contribution in [0.1, 0.15) is 5.56 Å². The van der Waals surface area contributed by atoms with E-state index in [2.05, 4.69) is 108 Å². The number of nitrogens with zero attached hydrogens (tertiary/aromatic N) is 4. The van der Waals surface area contributed by atoms with Gasteiger partial charge in [0.05, 0.1) is 48.8 Å². The molecule has 0 N–H and O–H groups in total. The molecule has 3 aromatic heterocycles. The number of hydrogen-bond acceptors (Lipinski definition) is 5. The van der Waals surface area contributed by atoms with E-state index in [1.54, 1.807) is 22.7 Å². The molecule has 3 heterocycles. The van der Waals surface area contributed by atoms with Crippen LogP contribution in [0.2, 0.25) is 0 Å². The van der Waals surface area contributed by atoms with E-state index < -0.39 is 0 Å². The minimum atomic E-state index is 0.651. The number of nitriles is 1. The van der Waals surface area contributed by atoms with Crippen LogP contribution in [0.15, 0.2) is 133 Å². The van der Waals surface area contributed by atoms with Crippen LogP contribution < -0.4 is 0 Å². The third kappa shape index (κ3) is 4.25. The minimum absolute atomic E-state index is 0.651. The monoisotopic (exact) mass is 610 g/mol. The van der Waals surface area contributed by atoms with E-state index in [-0.39, 0.29) is 0 Å². The molecule has 0 saturated carbocycles. The molecule has 210 valence electrons. The average Bonchev–Trinajstić information content (AvgIpc) is 3.82. The summed E-state index contributed by atoms with van der Waals surface area (Å²) in [7, 11) is 0. The summed E-state index contributed by atoms with van der Waals surface area (Å²) in [5, 5.41) is 13.7. The molecule has 0 aliphatic rings. The fourth-order valence-corrected chi connectivity index (χ4v) is 8.10. The summed E-state index contributed by atoms with van der Waals surface area (Å²) in [4.78, 5) is 9.95. The van der Waals surface area contributed by atoms with Gasteiger partial charge in [0.2, 0.25) is 0 Å². The largest absolute Gasteiger partial charge is 0.309 e. The Bertz CT molecular complexity index is 2420. The Kier molecular flexibility index (Phi) is 5.88. The molecule has 0 unspecified atom stereocenters. The number of thiazole rings is 2. The first kappa shape index (κ1) is 25.8. The molecule has 0 fully saturated rings. The highest BCUT2D eigenvalue weighted by Gasteiger charge is 2.19. The standard InChI is InChI=1S/C39H22N4S2/c40-23-24-13-15-25(16-14-24)28-7-1-4-10-33(28)43-34-19-17-26(38-41-31-8-2-5-11-36(31)44-38)21-29(34)30-22-27(18-20-35(30)43)39-42-32-9-3-6-12-37(32)45-39/h1-22H. The summed E-state index contributed by atoms with van der Waals surface area (Å²) in [5.74, 6) is 0. The second-order valence-corrected chi connectivity index (χ2v) is 13.0. The van der Waals surface area contributed by atoms with Gasteiger partial charge in [0.1, 0.15) is 10.0 Å². The van der Waals surface area contributed by atoms with Gasteiger partial charge in [-0.3, -0.25) is 0 Å². The number of fused-ring (bicyclic) bond motifs is 5. The lowest BCUT2D eigenvalue weighted by atomic mass is 10.0. The maximum Gasteiger partial charge on any atom is 0.124 e. The van der Waals surface area contributed by atoms with Crippen molar-refractivity contribution in [2.45, 2.75) is 0 Å². The molecule has 0 saturated heterocycles. The van der Waals surface area contributed by atoms with Crippen LogP contribution in [0.25, 0.3) is 80.2 Å². The highest BCUT2D eigenvalue weighted by molar-refractivity contribution is 7.22. The van der Waals surface area contributed by atoms with Crippen molar-refractivity contribution < 1.29 is 0 Å². The summed E-state index contributed by atoms with van der Waals surface area (Å²) in [6.07, 6.45) is 0. The predicted octanol–water partition coefficient (Wildman–Crippen LogP) is 10.9. The zero-order valence-electron chi connectivity index (χ0n) is 23.8. The Balaban J connectivity index is 1.30. The first-order valence-electron chi connectivity index (χ1n) is 14.6. The highest BCUT2D eigenvalue weighted by atomic mass is 32.1. The van der Waals surface area contributed by atoms with Gasteiger partial charge >= 0.3 is 0 Å². The van der Waals surface area contributed by atoms with Gasteiger partial charge in [0.25, 0.3) is 0 Å². The van der Waals surface area contributed by atoms with E-state index in [1.807, 2.05) is 36.4 Å². The Morgan fingerprint density at radius 2 is 1.04 bits per heavy atom. The molecule has 6 heteroatoms. The van der Waals surface area contributed by atoms with Gasteiger partial charge in [-0.05, 0) is 84.4 Å². The Morgan fingerprint density at radius 1 is 0.533 bits per heavy atom. The zero-order chi connectivity index (χ0) is 29.9. The third-order valence-electron chi connectivity index (χ3n) is 8.32. The smallest absolute Gasteiger partial charge is 0.124 e. The average molecular weight is 611 g/mol. The number of benzene rings is 6. The van der Waals surface area contributed by atoms with Gasteiger partial charge in [0.15, 0.2) is 0 Å². The molecule has 0 spiro atoms. The summed E-state index contributed by atoms with van der Waals surface area (Å²) in [6, 6.07) is 48.6. The fraction of sp³-hybridized carbons (Fsp3) is 0. The van der Waals surface area contributed by atoms with Crippen LogP contribution in [-0.4, -0.2) is 14.5 Å². The first-order valence-corrected chi connectivity index (χ1v) is 16.3. The molecule has 4 nitrogen and oxygen atoms in total. The minimum Gasteiger partial charge on any atom is -0.309 e. The second-order valence-electron chi connectivity index (χ2n) is 11.0. The molecule has 0 bridgehead atoms. The van der Waals surface area contributed by atoms with Crippen molar-refractivity contribution in [2.75, 3.05) is 0 Å². The fourth-order valence-electron chi connectivity index (χ4n) is 6.18.